The molecule has 1 unspecified atom stereocenters. The molecule has 3 heterocycles. The number of aryl methyl sites for hydroxylation is 1. The smallest absolute Gasteiger partial charge is 0.225 e. The van der Waals surface area contributed by atoms with Gasteiger partial charge in [0.25, 0.3) is 0 Å². The second-order valence-corrected chi connectivity index (χ2v) is 8.63. The summed E-state index contributed by atoms with van der Waals surface area (Å²) >= 11 is 0. The molecule has 0 saturated carbocycles. The third-order valence-corrected chi connectivity index (χ3v) is 6.93. The lowest BCUT2D eigenvalue weighted by molar-refractivity contribution is 0.0994. The normalized spacial score (nSPS) is 18.6. The molecule has 0 spiro atoms. The Morgan fingerprint density at radius 3 is 2.90 bits per heavy atom. The predicted octanol–water partition coefficient (Wildman–Crippen LogP) is 4.30. The number of fused-ring (bicyclic) bond motifs is 5. The van der Waals surface area contributed by atoms with Crippen molar-refractivity contribution in [2.24, 2.45) is 0 Å². The number of Topliss-reactive ketones (excluding diaryl/α,β-unsaturated/α-hetero) is 1. The number of aromatic nitrogens is 2. The number of ketones is 1. The van der Waals surface area contributed by atoms with Crippen LogP contribution in [0.3, 0.4) is 0 Å². The van der Waals surface area contributed by atoms with E-state index in [-0.39, 0.29) is 5.78 Å². The number of carbonyl (C=O) groups excluding carboxylic acids is 1. The third-order valence-electron chi connectivity index (χ3n) is 6.93. The SMILES string of the molecule is CN(CCn1c2ccc(-c3ncco3)cc2c2c3c(ccc21)C(=O)CC3)C1CCOC1. The highest BCUT2D eigenvalue weighted by Crippen LogP contribution is 2.38. The van der Waals surface area contributed by atoms with Gasteiger partial charge in [-0.3, -0.25) is 9.69 Å². The average Bonchev–Trinajstić information content (AvgIpc) is 3.58. The lowest BCUT2D eigenvalue weighted by Gasteiger charge is -2.23. The number of rotatable bonds is 5. The number of carbonyl (C=O) groups is 1. The predicted molar refractivity (Wildman–Crippen MR) is 119 cm³/mol. The molecule has 1 atom stereocenters. The molecule has 6 rings (SSSR count). The van der Waals surface area contributed by atoms with Gasteiger partial charge in [0.1, 0.15) is 6.26 Å². The number of nitrogens with zero attached hydrogens (tertiary/aromatic N) is 3. The van der Waals surface area contributed by atoms with Crippen LogP contribution in [0.25, 0.3) is 33.3 Å². The largest absolute Gasteiger partial charge is 0.445 e. The molecule has 1 aliphatic heterocycles. The summed E-state index contributed by atoms with van der Waals surface area (Å²) < 4.78 is 13.5. The van der Waals surface area contributed by atoms with Crippen LogP contribution in [0.4, 0.5) is 0 Å². The van der Waals surface area contributed by atoms with E-state index in [1.807, 2.05) is 6.07 Å². The Labute approximate surface area is 180 Å². The van der Waals surface area contributed by atoms with Crippen molar-refractivity contribution in [3.05, 3.63) is 53.9 Å². The van der Waals surface area contributed by atoms with Crippen LogP contribution in [0.5, 0.6) is 0 Å². The highest BCUT2D eigenvalue weighted by molar-refractivity contribution is 6.15. The van der Waals surface area contributed by atoms with Gasteiger partial charge in [0.15, 0.2) is 5.78 Å². The van der Waals surface area contributed by atoms with Crippen molar-refractivity contribution in [1.82, 2.24) is 14.5 Å². The molecular formula is C25H25N3O3. The molecule has 158 valence electrons. The van der Waals surface area contributed by atoms with Gasteiger partial charge in [-0.15, -0.1) is 0 Å². The summed E-state index contributed by atoms with van der Waals surface area (Å²) in [6.45, 7) is 3.51. The highest BCUT2D eigenvalue weighted by Gasteiger charge is 2.26. The van der Waals surface area contributed by atoms with Crippen molar-refractivity contribution in [1.29, 1.82) is 0 Å². The number of oxazole rings is 1. The van der Waals surface area contributed by atoms with E-state index < -0.39 is 0 Å². The van der Waals surface area contributed by atoms with Crippen molar-refractivity contribution in [2.45, 2.75) is 31.8 Å². The summed E-state index contributed by atoms with van der Waals surface area (Å²) in [5, 5.41) is 2.38. The minimum absolute atomic E-state index is 0.252. The number of ether oxygens (including phenoxy) is 1. The van der Waals surface area contributed by atoms with Crippen LogP contribution in [0.15, 0.2) is 47.2 Å². The molecule has 2 aromatic carbocycles. The zero-order valence-electron chi connectivity index (χ0n) is 17.6. The second-order valence-electron chi connectivity index (χ2n) is 8.63. The number of benzene rings is 2. The van der Waals surface area contributed by atoms with E-state index in [0.29, 0.717) is 18.4 Å². The monoisotopic (exact) mass is 415 g/mol. The topological polar surface area (TPSA) is 60.5 Å². The minimum atomic E-state index is 0.252. The van der Waals surface area contributed by atoms with Gasteiger partial charge in [0.2, 0.25) is 5.89 Å². The first kappa shape index (κ1) is 18.8. The van der Waals surface area contributed by atoms with Gasteiger partial charge in [-0.05, 0) is 55.8 Å². The Balaban J connectivity index is 1.49. The first-order valence-electron chi connectivity index (χ1n) is 11.0. The first-order chi connectivity index (χ1) is 15.2. The van der Waals surface area contributed by atoms with E-state index in [1.54, 1.807) is 12.5 Å². The van der Waals surface area contributed by atoms with Crippen LogP contribution in [0.1, 0.15) is 28.8 Å². The van der Waals surface area contributed by atoms with Gasteiger partial charge >= 0.3 is 0 Å². The molecule has 0 bridgehead atoms. The van der Waals surface area contributed by atoms with Crippen LogP contribution in [0, 0.1) is 0 Å². The van der Waals surface area contributed by atoms with E-state index in [0.717, 1.165) is 50.3 Å². The lowest BCUT2D eigenvalue weighted by Crippen LogP contribution is -2.34. The standard InChI is InChI=1S/C25H25N3O3/c1-27(17-8-12-30-15-17)10-11-28-21-5-2-16(25-26-9-13-31-25)14-20(21)24-19-4-7-23(29)18(19)3-6-22(24)28/h2-3,5-6,9,13-14,17H,4,7-8,10-12,15H2,1H3. The lowest BCUT2D eigenvalue weighted by atomic mass is 10.0. The molecule has 6 nitrogen and oxygen atoms in total. The Kier molecular flexibility index (Phi) is 4.44. The van der Waals surface area contributed by atoms with Gasteiger partial charge in [0.05, 0.1) is 12.8 Å². The summed E-state index contributed by atoms with van der Waals surface area (Å²) in [6, 6.07) is 11.0. The van der Waals surface area contributed by atoms with Crippen LogP contribution >= 0.6 is 0 Å². The Morgan fingerprint density at radius 2 is 2.10 bits per heavy atom. The molecule has 2 aliphatic rings. The van der Waals surface area contributed by atoms with Crippen molar-refractivity contribution in [3.63, 3.8) is 0 Å². The maximum Gasteiger partial charge on any atom is 0.225 e. The van der Waals surface area contributed by atoms with Crippen molar-refractivity contribution in [2.75, 3.05) is 26.8 Å². The number of hydrogen-bond donors (Lipinski definition) is 0. The molecular weight excluding hydrogens is 390 g/mol. The Bertz CT molecular complexity index is 1280. The summed E-state index contributed by atoms with van der Waals surface area (Å²) in [6.07, 6.45) is 5.78. The molecule has 1 fully saturated rings. The summed E-state index contributed by atoms with van der Waals surface area (Å²) in [4.78, 5) is 19.1. The molecule has 2 aromatic heterocycles. The Hall–Kier alpha value is -2.96. The van der Waals surface area contributed by atoms with E-state index in [9.17, 15) is 4.79 Å². The molecule has 0 N–H and O–H groups in total. The van der Waals surface area contributed by atoms with Crippen LogP contribution in [-0.4, -0.2) is 53.1 Å². The van der Waals surface area contributed by atoms with E-state index in [2.05, 4.69) is 45.8 Å². The van der Waals surface area contributed by atoms with Gasteiger partial charge < -0.3 is 13.7 Å². The van der Waals surface area contributed by atoms with E-state index in [1.165, 1.54) is 27.4 Å². The highest BCUT2D eigenvalue weighted by atomic mass is 16.5. The number of hydrogen-bond acceptors (Lipinski definition) is 5. The molecule has 31 heavy (non-hydrogen) atoms. The van der Waals surface area contributed by atoms with Gasteiger partial charge in [-0.1, -0.05) is 0 Å². The maximum absolute atomic E-state index is 12.4. The van der Waals surface area contributed by atoms with Gasteiger partial charge in [-0.25, -0.2) is 4.98 Å². The average molecular weight is 415 g/mol. The van der Waals surface area contributed by atoms with E-state index >= 15 is 0 Å². The van der Waals surface area contributed by atoms with Gasteiger partial charge in [-0.2, -0.15) is 0 Å². The zero-order chi connectivity index (χ0) is 20.9. The zero-order valence-corrected chi connectivity index (χ0v) is 17.6. The van der Waals surface area contributed by atoms with E-state index in [4.69, 9.17) is 9.15 Å². The Morgan fingerprint density at radius 1 is 1.19 bits per heavy atom. The van der Waals surface area contributed by atoms with Gasteiger partial charge in [0, 0.05) is 65.1 Å². The molecule has 0 radical (unpaired) electrons. The van der Waals surface area contributed by atoms with Crippen LogP contribution < -0.4 is 0 Å². The summed E-state index contributed by atoms with van der Waals surface area (Å²) in [7, 11) is 2.18. The maximum atomic E-state index is 12.4. The third kappa shape index (κ3) is 3.01. The van der Waals surface area contributed by atoms with Crippen molar-refractivity contribution < 1.29 is 13.9 Å². The van der Waals surface area contributed by atoms with Crippen LogP contribution in [-0.2, 0) is 17.7 Å². The molecule has 6 heteroatoms. The minimum Gasteiger partial charge on any atom is -0.445 e. The fourth-order valence-corrected chi connectivity index (χ4v) is 5.21. The second kappa shape index (κ2) is 7.32. The molecule has 1 aliphatic carbocycles. The quantitative estimate of drug-likeness (QED) is 0.486. The first-order valence-corrected chi connectivity index (χ1v) is 11.0. The summed E-state index contributed by atoms with van der Waals surface area (Å²) in [5.74, 6) is 0.870. The molecule has 1 saturated heterocycles. The fraction of sp³-hybridized carbons (Fsp3) is 0.360. The molecule has 4 aromatic rings. The summed E-state index contributed by atoms with van der Waals surface area (Å²) in [5.41, 5.74) is 5.42. The van der Waals surface area contributed by atoms with Crippen molar-refractivity contribution >= 4 is 27.6 Å². The van der Waals surface area contributed by atoms with Crippen molar-refractivity contribution in [3.8, 4) is 11.5 Å². The van der Waals surface area contributed by atoms with Crippen LogP contribution in [0.2, 0.25) is 0 Å². The molecule has 0 amide bonds. The number of likely N-dealkylation sites (N-methyl/N-ethyl adjacent to an activating group) is 1. The fourth-order valence-electron chi connectivity index (χ4n) is 5.21.